The Kier molecular flexibility index (Phi) is 10.2. The number of benzene rings is 3. The molecule has 0 spiro atoms. The summed E-state index contributed by atoms with van der Waals surface area (Å²) in [7, 11) is 0. The summed E-state index contributed by atoms with van der Waals surface area (Å²) < 4.78 is 18.0. The predicted molar refractivity (Wildman–Crippen MR) is 154 cm³/mol. The van der Waals surface area contributed by atoms with Crippen molar-refractivity contribution < 1.29 is 28.9 Å². The first-order chi connectivity index (χ1) is 19.2. The van der Waals surface area contributed by atoms with Crippen molar-refractivity contribution >= 4 is 29.3 Å². The lowest BCUT2D eigenvalue weighted by atomic mass is 9.91. The van der Waals surface area contributed by atoms with Gasteiger partial charge in [0.25, 0.3) is 5.91 Å². The van der Waals surface area contributed by atoms with Crippen molar-refractivity contribution in [2.24, 2.45) is 5.92 Å². The average molecular weight is 565 g/mol. The zero-order valence-corrected chi connectivity index (χ0v) is 23.7. The number of ether oxygens (including phenoxy) is 3. The Morgan fingerprint density at radius 3 is 2.30 bits per heavy atom. The summed E-state index contributed by atoms with van der Waals surface area (Å²) in [5.41, 5.74) is 10.5. The van der Waals surface area contributed by atoms with Crippen LogP contribution >= 0.6 is 11.8 Å². The molecule has 8 nitrogen and oxygen atoms in total. The van der Waals surface area contributed by atoms with Gasteiger partial charge in [-0.2, -0.15) is 0 Å². The fraction of sp³-hybridized carbons (Fsp3) is 0.355. The van der Waals surface area contributed by atoms with Gasteiger partial charge in [0.2, 0.25) is 0 Å². The molecule has 0 aliphatic carbocycles. The maximum absolute atomic E-state index is 12.2. The number of hydrogen-bond donors (Lipinski definition) is 3. The fourth-order valence-electron chi connectivity index (χ4n) is 4.52. The Balaban J connectivity index is 1.48. The Hall–Kier alpha value is -3.37. The standard InChI is InChI=1S/C31H36N2O6S/c1-19-27(18-40-28-7-5-4-6-26(28)32)38-31(39-29(19)24-12-10-23(17-34)11-13-24)25-14-8-22(9-15-25)16-33-30(36)20(2)37-21(3)35/h4-15,19-20,27,29,31,34H,16-18,32H2,1-3H3,(H,33,36)/t19-,20-,27+,29+,31?/m0/s1. The summed E-state index contributed by atoms with van der Waals surface area (Å²) in [4.78, 5) is 24.3. The molecule has 1 heterocycles. The van der Waals surface area contributed by atoms with Crippen LogP contribution in [-0.4, -0.2) is 34.9 Å². The highest BCUT2D eigenvalue weighted by Gasteiger charge is 2.38. The van der Waals surface area contributed by atoms with E-state index in [1.54, 1.807) is 11.8 Å². The Morgan fingerprint density at radius 2 is 1.65 bits per heavy atom. The molecule has 3 aromatic carbocycles. The molecule has 3 aromatic rings. The molecule has 0 saturated carbocycles. The molecule has 4 N–H and O–H groups in total. The quantitative estimate of drug-likeness (QED) is 0.180. The van der Waals surface area contributed by atoms with Gasteiger partial charge in [-0.25, -0.2) is 0 Å². The van der Waals surface area contributed by atoms with Gasteiger partial charge >= 0.3 is 5.97 Å². The largest absolute Gasteiger partial charge is 0.453 e. The number of nitrogens with two attached hydrogens (primary N) is 1. The molecule has 212 valence electrons. The summed E-state index contributed by atoms with van der Waals surface area (Å²) in [5, 5.41) is 12.3. The van der Waals surface area contributed by atoms with Crippen LogP contribution < -0.4 is 11.1 Å². The van der Waals surface area contributed by atoms with E-state index in [0.717, 1.165) is 32.8 Å². The van der Waals surface area contributed by atoms with Crippen molar-refractivity contribution in [3.63, 3.8) is 0 Å². The van der Waals surface area contributed by atoms with E-state index < -0.39 is 18.4 Å². The lowest BCUT2D eigenvalue weighted by Gasteiger charge is -2.41. The predicted octanol–water partition coefficient (Wildman–Crippen LogP) is 4.91. The molecule has 1 amide bonds. The summed E-state index contributed by atoms with van der Waals surface area (Å²) in [6, 6.07) is 23.3. The second kappa shape index (κ2) is 13.8. The first-order valence-electron chi connectivity index (χ1n) is 13.3. The van der Waals surface area contributed by atoms with E-state index in [-0.39, 0.29) is 30.6 Å². The number of esters is 1. The second-order valence-electron chi connectivity index (χ2n) is 9.88. The third-order valence-electron chi connectivity index (χ3n) is 6.88. The summed E-state index contributed by atoms with van der Waals surface area (Å²) in [6.07, 6.45) is -1.78. The smallest absolute Gasteiger partial charge is 0.303 e. The number of carbonyl (C=O) groups is 2. The Morgan fingerprint density at radius 1 is 1.00 bits per heavy atom. The van der Waals surface area contributed by atoms with Crippen molar-refractivity contribution in [3.05, 3.63) is 95.1 Å². The zero-order valence-electron chi connectivity index (χ0n) is 22.9. The number of thioether (sulfide) groups is 1. The molecule has 40 heavy (non-hydrogen) atoms. The van der Waals surface area contributed by atoms with Gasteiger partial charge in [-0.15, -0.1) is 11.8 Å². The zero-order chi connectivity index (χ0) is 28.6. The fourth-order valence-corrected chi connectivity index (χ4v) is 5.66. The molecule has 1 unspecified atom stereocenters. The van der Waals surface area contributed by atoms with Crippen LogP contribution in [0, 0.1) is 5.92 Å². The highest BCUT2D eigenvalue weighted by molar-refractivity contribution is 7.99. The highest BCUT2D eigenvalue weighted by Crippen LogP contribution is 2.43. The van der Waals surface area contributed by atoms with Crippen LogP contribution in [0.2, 0.25) is 0 Å². The lowest BCUT2D eigenvalue weighted by Crippen LogP contribution is -2.38. The SMILES string of the molecule is CC(=O)O[C@@H](C)C(=O)NCc1ccc(C2O[C@H](CSc3ccccc3N)[C@H](C)[C@H](c3ccc(CO)cc3)O2)cc1. The lowest BCUT2D eigenvalue weighted by molar-refractivity contribution is -0.268. The van der Waals surface area contributed by atoms with Crippen LogP contribution in [0.4, 0.5) is 5.69 Å². The van der Waals surface area contributed by atoms with Crippen molar-refractivity contribution in [2.75, 3.05) is 11.5 Å². The van der Waals surface area contributed by atoms with Gasteiger partial charge in [-0.05, 0) is 35.7 Å². The molecule has 1 aliphatic rings. The number of hydrogen-bond acceptors (Lipinski definition) is 8. The van der Waals surface area contributed by atoms with Crippen LogP contribution in [0.5, 0.6) is 0 Å². The van der Waals surface area contributed by atoms with E-state index in [2.05, 4.69) is 12.2 Å². The van der Waals surface area contributed by atoms with Crippen LogP contribution in [-0.2, 0) is 37.0 Å². The molecule has 1 saturated heterocycles. The molecule has 0 bridgehead atoms. The number of rotatable bonds is 10. The number of carbonyl (C=O) groups excluding carboxylic acids is 2. The van der Waals surface area contributed by atoms with E-state index >= 15 is 0 Å². The minimum Gasteiger partial charge on any atom is -0.453 e. The van der Waals surface area contributed by atoms with E-state index in [0.29, 0.717) is 12.3 Å². The minimum absolute atomic E-state index is 0.0136. The number of amides is 1. The van der Waals surface area contributed by atoms with E-state index in [1.165, 1.54) is 13.8 Å². The number of anilines is 1. The van der Waals surface area contributed by atoms with Gasteiger partial charge in [0.15, 0.2) is 12.4 Å². The van der Waals surface area contributed by atoms with Gasteiger partial charge in [0.1, 0.15) is 0 Å². The van der Waals surface area contributed by atoms with Crippen molar-refractivity contribution in [1.29, 1.82) is 0 Å². The van der Waals surface area contributed by atoms with Gasteiger partial charge in [-0.3, -0.25) is 9.59 Å². The van der Waals surface area contributed by atoms with Gasteiger partial charge < -0.3 is 30.4 Å². The molecule has 5 atom stereocenters. The third-order valence-corrected chi connectivity index (χ3v) is 8.05. The summed E-state index contributed by atoms with van der Waals surface area (Å²) in [5.74, 6) is -0.102. The van der Waals surface area contributed by atoms with Gasteiger partial charge in [0.05, 0.1) is 18.8 Å². The minimum atomic E-state index is -0.854. The van der Waals surface area contributed by atoms with Gasteiger partial charge in [0, 0.05) is 41.3 Å². The second-order valence-corrected chi connectivity index (χ2v) is 10.9. The molecular weight excluding hydrogens is 528 g/mol. The number of aliphatic hydroxyl groups is 1. The molecule has 1 fully saturated rings. The first-order valence-corrected chi connectivity index (χ1v) is 14.3. The maximum atomic E-state index is 12.2. The number of nitrogens with one attached hydrogen (secondary N) is 1. The van der Waals surface area contributed by atoms with Crippen LogP contribution in [0.15, 0.2) is 77.7 Å². The van der Waals surface area contributed by atoms with Gasteiger partial charge in [-0.1, -0.05) is 67.6 Å². The van der Waals surface area contributed by atoms with Crippen LogP contribution in [0.3, 0.4) is 0 Å². The van der Waals surface area contributed by atoms with Crippen LogP contribution in [0.1, 0.15) is 55.4 Å². The molecule has 4 rings (SSSR count). The first kappa shape index (κ1) is 29.6. The Labute approximate surface area is 239 Å². The Bertz CT molecular complexity index is 1280. The monoisotopic (exact) mass is 564 g/mol. The average Bonchev–Trinajstić information content (AvgIpc) is 2.96. The van der Waals surface area contributed by atoms with E-state index in [4.69, 9.17) is 19.9 Å². The molecule has 0 radical (unpaired) electrons. The topological polar surface area (TPSA) is 120 Å². The van der Waals surface area contributed by atoms with Crippen molar-refractivity contribution in [1.82, 2.24) is 5.32 Å². The summed E-state index contributed by atoms with van der Waals surface area (Å²) in [6.45, 7) is 5.22. The number of para-hydroxylation sites is 1. The van der Waals surface area contributed by atoms with Crippen molar-refractivity contribution in [2.45, 2.75) is 63.4 Å². The maximum Gasteiger partial charge on any atom is 0.303 e. The van der Waals surface area contributed by atoms with E-state index in [1.807, 2.05) is 72.8 Å². The number of nitrogen functional groups attached to an aromatic ring is 1. The third kappa shape index (κ3) is 7.63. The molecule has 0 aromatic heterocycles. The molecule has 9 heteroatoms. The normalized spacial score (nSPS) is 21.4. The highest BCUT2D eigenvalue weighted by atomic mass is 32.2. The van der Waals surface area contributed by atoms with Crippen LogP contribution in [0.25, 0.3) is 0 Å². The van der Waals surface area contributed by atoms with Crippen molar-refractivity contribution in [3.8, 4) is 0 Å². The number of aliphatic hydroxyl groups excluding tert-OH is 1. The molecule has 1 aliphatic heterocycles. The van der Waals surface area contributed by atoms with E-state index in [9.17, 15) is 14.7 Å². The molecular formula is C31H36N2O6S. The summed E-state index contributed by atoms with van der Waals surface area (Å²) >= 11 is 1.67.